The summed E-state index contributed by atoms with van der Waals surface area (Å²) in [7, 11) is 0. The van der Waals surface area contributed by atoms with E-state index in [9.17, 15) is 4.79 Å². The van der Waals surface area contributed by atoms with Crippen LogP contribution in [0, 0.1) is 5.92 Å². The molecule has 0 aliphatic carbocycles. The Morgan fingerprint density at radius 1 is 1.64 bits per heavy atom. The zero-order chi connectivity index (χ0) is 8.85. The fourth-order valence-electron chi connectivity index (χ4n) is 0.627. The molecule has 0 N–H and O–H groups in total. The summed E-state index contributed by atoms with van der Waals surface area (Å²) in [4.78, 5) is 11.2. The Morgan fingerprint density at radius 3 is 2.55 bits per heavy atom. The van der Waals surface area contributed by atoms with E-state index in [0.717, 1.165) is 12.0 Å². The van der Waals surface area contributed by atoms with E-state index >= 15 is 0 Å². The Bertz CT molecular complexity index is 177. The van der Waals surface area contributed by atoms with Gasteiger partial charge in [-0.25, -0.2) is 0 Å². The van der Waals surface area contributed by atoms with Gasteiger partial charge in [-0.1, -0.05) is 26.5 Å². The van der Waals surface area contributed by atoms with Gasteiger partial charge >= 0.3 is 0 Å². The number of ketones is 1. The number of carbonyl (C=O) groups is 1. The van der Waals surface area contributed by atoms with Gasteiger partial charge in [0.1, 0.15) is 0 Å². The van der Waals surface area contributed by atoms with Crippen molar-refractivity contribution in [2.75, 3.05) is 0 Å². The SMILES string of the molecule is C=C/C(C)=C\C(=O)[C@@H](C)CC. The summed E-state index contributed by atoms with van der Waals surface area (Å²) >= 11 is 0. The summed E-state index contributed by atoms with van der Waals surface area (Å²) in [5.74, 6) is 0.342. The second-order valence-electron chi connectivity index (χ2n) is 2.80. The number of carbonyl (C=O) groups excluding carboxylic acids is 1. The fraction of sp³-hybridized carbons (Fsp3) is 0.500. The maximum absolute atomic E-state index is 11.2. The van der Waals surface area contributed by atoms with E-state index in [1.165, 1.54) is 0 Å². The molecule has 0 aromatic carbocycles. The zero-order valence-corrected chi connectivity index (χ0v) is 7.55. The van der Waals surface area contributed by atoms with Crippen LogP contribution in [0.4, 0.5) is 0 Å². The molecule has 1 atom stereocenters. The molecule has 0 rings (SSSR count). The minimum absolute atomic E-state index is 0.143. The van der Waals surface area contributed by atoms with E-state index in [0.29, 0.717) is 0 Å². The molecule has 1 nitrogen and oxygen atoms in total. The lowest BCUT2D eigenvalue weighted by molar-refractivity contribution is -0.117. The van der Waals surface area contributed by atoms with Crippen LogP contribution >= 0.6 is 0 Å². The van der Waals surface area contributed by atoms with Gasteiger partial charge in [-0.3, -0.25) is 4.79 Å². The predicted octanol–water partition coefficient (Wildman–Crippen LogP) is 2.73. The van der Waals surface area contributed by atoms with E-state index in [1.54, 1.807) is 12.2 Å². The molecule has 0 heterocycles. The smallest absolute Gasteiger partial charge is 0.158 e. The third kappa shape index (κ3) is 3.76. The minimum Gasteiger partial charge on any atom is -0.295 e. The van der Waals surface area contributed by atoms with E-state index in [2.05, 4.69) is 6.58 Å². The molecule has 0 aromatic heterocycles. The molecule has 0 spiro atoms. The van der Waals surface area contributed by atoms with Crippen LogP contribution in [-0.2, 0) is 4.79 Å². The van der Waals surface area contributed by atoms with Gasteiger partial charge < -0.3 is 0 Å². The monoisotopic (exact) mass is 152 g/mol. The topological polar surface area (TPSA) is 17.1 Å². The lowest BCUT2D eigenvalue weighted by atomic mass is 10.0. The maximum atomic E-state index is 11.2. The van der Waals surface area contributed by atoms with Gasteiger partial charge in [0.2, 0.25) is 0 Å². The molecule has 0 aromatic rings. The third-order valence-electron chi connectivity index (χ3n) is 1.79. The van der Waals surface area contributed by atoms with Crippen LogP contribution in [0.15, 0.2) is 24.3 Å². The van der Waals surface area contributed by atoms with Crippen molar-refractivity contribution in [1.82, 2.24) is 0 Å². The molecule has 0 aliphatic rings. The molecule has 0 bridgehead atoms. The van der Waals surface area contributed by atoms with Crippen LogP contribution in [0.5, 0.6) is 0 Å². The molecule has 0 saturated carbocycles. The highest BCUT2D eigenvalue weighted by molar-refractivity contribution is 5.92. The van der Waals surface area contributed by atoms with Gasteiger partial charge in [0.15, 0.2) is 5.78 Å². The van der Waals surface area contributed by atoms with Gasteiger partial charge in [0.25, 0.3) is 0 Å². The van der Waals surface area contributed by atoms with Crippen LogP contribution in [0.2, 0.25) is 0 Å². The molecule has 62 valence electrons. The zero-order valence-electron chi connectivity index (χ0n) is 7.55. The van der Waals surface area contributed by atoms with E-state index in [4.69, 9.17) is 0 Å². The van der Waals surface area contributed by atoms with E-state index < -0.39 is 0 Å². The Kier molecular flexibility index (Phi) is 4.51. The Labute approximate surface area is 68.8 Å². The minimum atomic E-state index is 0.143. The van der Waals surface area contributed by atoms with Crippen molar-refractivity contribution in [3.63, 3.8) is 0 Å². The predicted molar refractivity (Wildman–Crippen MR) is 48.4 cm³/mol. The second kappa shape index (κ2) is 4.89. The number of rotatable bonds is 4. The van der Waals surface area contributed by atoms with Crippen molar-refractivity contribution >= 4 is 5.78 Å². The van der Waals surface area contributed by atoms with E-state index in [-0.39, 0.29) is 11.7 Å². The molecule has 1 heteroatoms. The standard InChI is InChI=1S/C10H16O/c1-5-8(3)7-10(11)9(4)6-2/h5,7,9H,1,6H2,2-4H3/b8-7-/t9-/m0/s1. The molecule has 0 fully saturated rings. The summed E-state index contributed by atoms with van der Waals surface area (Å²) in [6.07, 6.45) is 4.25. The average Bonchev–Trinajstić information content (AvgIpc) is 2.02. The molecule has 0 amide bonds. The largest absolute Gasteiger partial charge is 0.295 e. The quantitative estimate of drug-likeness (QED) is 0.447. The molecule has 0 unspecified atom stereocenters. The summed E-state index contributed by atoms with van der Waals surface area (Å²) in [5, 5.41) is 0. The highest BCUT2D eigenvalue weighted by Crippen LogP contribution is 2.05. The summed E-state index contributed by atoms with van der Waals surface area (Å²) in [6.45, 7) is 9.41. The van der Waals surface area contributed by atoms with Crippen molar-refractivity contribution < 1.29 is 4.79 Å². The van der Waals surface area contributed by atoms with Gasteiger partial charge in [-0.2, -0.15) is 0 Å². The van der Waals surface area contributed by atoms with Crippen molar-refractivity contribution in [2.24, 2.45) is 5.92 Å². The van der Waals surface area contributed by atoms with Gasteiger partial charge in [0, 0.05) is 5.92 Å². The van der Waals surface area contributed by atoms with Crippen LogP contribution in [0.3, 0.4) is 0 Å². The number of hydrogen-bond acceptors (Lipinski definition) is 1. The molecule has 0 saturated heterocycles. The molecule has 0 radical (unpaired) electrons. The molecule has 11 heavy (non-hydrogen) atoms. The highest BCUT2D eigenvalue weighted by atomic mass is 16.1. The summed E-state index contributed by atoms with van der Waals surface area (Å²) in [5.41, 5.74) is 0.940. The first-order chi connectivity index (χ1) is 5.11. The number of hydrogen-bond donors (Lipinski definition) is 0. The van der Waals surface area contributed by atoms with Crippen molar-refractivity contribution in [1.29, 1.82) is 0 Å². The fourth-order valence-corrected chi connectivity index (χ4v) is 0.627. The van der Waals surface area contributed by atoms with Crippen LogP contribution in [-0.4, -0.2) is 5.78 Å². The van der Waals surface area contributed by atoms with Gasteiger partial charge in [0.05, 0.1) is 0 Å². The molecular formula is C10H16O. The second-order valence-corrected chi connectivity index (χ2v) is 2.80. The summed E-state index contributed by atoms with van der Waals surface area (Å²) < 4.78 is 0. The first-order valence-corrected chi connectivity index (χ1v) is 3.96. The van der Waals surface area contributed by atoms with Crippen LogP contribution in [0.1, 0.15) is 27.2 Å². The van der Waals surface area contributed by atoms with Gasteiger partial charge in [-0.05, 0) is 25.0 Å². The van der Waals surface area contributed by atoms with Crippen molar-refractivity contribution in [3.8, 4) is 0 Å². The van der Waals surface area contributed by atoms with E-state index in [1.807, 2.05) is 20.8 Å². The lowest BCUT2D eigenvalue weighted by Crippen LogP contribution is -2.06. The normalized spacial score (nSPS) is 14.3. The van der Waals surface area contributed by atoms with Crippen LogP contribution in [0.25, 0.3) is 0 Å². The average molecular weight is 152 g/mol. The Morgan fingerprint density at radius 2 is 2.18 bits per heavy atom. The Hall–Kier alpha value is -0.850. The molecule has 0 aliphatic heterocycles. The van der Waals surface area contributed by atoms with Gasteiger partial charge in [-0.15, -0.1) is 0 Å². The summed E-state index contributed by atoms with van der Waals surface area (Å²) in [6, 6.07) is 0. The Balaban J connectivity index is 4.16. The van der Waals surface area contributed by atoms with Crippen LogP contribution < -0.4 is 0 Å². The van der Waals surface area contributed by atoms with Crippen molar-refractivity contribution in [3.05, 3.63) is 24.3 Å². The maximum Gasteiger partial charge on any atom is 0.158 e. The molecular weight excluding hydrogens is 136 g/mol. The first kappa shape index (κ1) is 10.2. The van der Waals surface area contributed by atoms with Crippen molar-refractivity contribution in [2.45, 2.75) is 27.2 Å². The number of allylic oxidation sites excluding steroid dienone is 3. The first-order valence-electron chi connectivity index (χ1n) is 3.96. The lowest BCUT2D eigenvalue weighted by Gasteiger charge is -2.02. The highest BCUT2D eigenvalue weighted by Gasteiger charge is 2.06. The third-order valence-corrected chi connectivity index (χ3v) is 1.79.